The second-order valence-corrected chi connectivity index (χ2v) is 6.03. The fourth-order valence-corrected chi connectivity index (χ4v) is 2.51. The number of amides is 1. The average Bonchev–Trinajstić information content (AvgIpc) is 2.47. The number of primary amides is 1. The van der Waals surface area contributed by atoms with E-state index in [-0.39, 0.29) is 22.9 Å². The molecule has 6 heteroatoms. The van der Waals surface area contributed by atoms with Crippen LogP contribution in [0.5, 0.6) is 0 Å². The van der Waals surface area contributed by atoms with Gasteiger partial charge in [0.1, 0.15) is 5.82 Å². The highest BCUT2D eigenvalue weighted by atomic mass is 16.5. The van der Waals surface area contributed by atoms with Crippen LogP contribution in [-0.4, -0.2) is 33.3 Å². The van der Waals surface area contributed by atoms with Crippen LogP contribution in [0.25, 0.3) is 0 Å². The molecule has 1 saturated heterocycles. The van der Waals surface area contributed by atoms with Gasteiger partial charge in [-0.1, -0.05) is 0 Å². The monoisotopic (exact) mass is 264 g/mol. The van der Waals surface area contributed by atoms with Crippen molar-refractivity contribution in [2.24, 2.45) is 5.73 Å². The lowest BCUT2D eigenvalue weighted by Gasteiger charge is -2.27. The summed E-state index contributed by atoms with van der Waals surface area (Å²) < 4.78 is 6.00. The third-order valence-electron chi connectivity index (χ3n) is 3.31. The third kappa shape index (κ3) is 3.01. The van der Waals surface area contributed by atoms with Crippen molar-refractivity contribution in [2.45, 2.75) is 51.4 Å². The van der Waals surface area contributed by atoms with Crippen LogP contribution in [0.3, 0.4) is 0 Å². The summed E-state index contributed by atoms with van der Waals surface area (Å²) in [6.07, 6.45) is 0.874. The predicted octanol–water partition coefficient (Wildman–Crippen LogP) is 1.33. The molecule has 0 aliphatic carbocycles. The van der Waals surface area contributed by atoms with Gasteiger partial charge in [-0.15, -0.1) is 10.2 Å². The smallest absolute Gasteiger partial charge is 0.269 e. The molecule has 0 radical (unpaired) electrons. The van der Waals surface area contributed by atoms with Crippen LogP contribution in [0.1, 0.15) is 44.6 Å². The zero-order valence-corrected chi connectivity index (χ0v) is 11.7. The van der Waals surface area contributed by atoms with E-state index in [1.54, 1.807) is 12.1 Å². The summed E-state index contributed by atoms with van der Waals surface area (Å²) in [7, 11) is 0. The summed E-state index contributed by atoms with van der Waals surface area (Å²) >= 11 is 0. The summed E-state index contributed by atoms with van der Waals surface area (Å²) in [5.74, 6) is 0.0362. The Hall–Kier alpha value is -1.69. The molecule has 3 N–H and O–H groups in total. The lowest BCUT2D eigenvalue weighted by atomic mass is 9.94. The van der Waals surface area contributed by atoms with Crippen molar-refractivity contribution in [1.29, 1.82) is 0 Å². The van der Waals surface area contributed by atoms with E-state index in [0.29, 0.717) is 5.82 Å². The molecule has 1 fully saturated rings. The molecule has 1 unspecified atom stereocenters. The topological polar surface area (TPSA) is 90.1 Å². The lowest BCUT2D eigenvalue weighted by Crippen LogP contribution is -2.38. The first-order valence-corrected chi connectivity index (χ1v) is 6.30. The number of rotatable bonds is 3. The molecule has 6 nitrogen and oxygen atoms in total. The minimum Gasteiger partial charge on any atom is -0.367 e. The number of hydrogen-bond acceptors (Lipinski definition) is 5. The molecule has 1 amide bonds. The maximum atomic E-state index is 10.9. The van der Waals surface area contributed by atoms with Crippen molar-refractivity contribution < 1.29 is 9.53 Å². The molecule has 19 heavy (non-hydrogen) atoms. The summed E-state index contributed by atoms with van der Waals surface area (Å²) in [5, 5.41) is 11.0. The van der Waals surface area contributed by atoms with E-state index >= 15 is 0 Å². The molecular weight excluding hydrogens is 244 g/mol. The quantitative estimate of drug-likeness (QED) is 0.859. The number of carbonyl (C=O) groups is 1. The molecule has 2 heterocycles. The van der Waals surface area contributed by atoms with Gasteiger partial charge < -0.3 is 15.8 Å². The number of nitrogens with zero attached hydrogens (tertiary/aromatic N) is 2. The van der Waals surface area contributed by atoms with Gasteiger partial charge in [-0.2, -0.15) is 0 Å². The average molecular weight is 264 g/mol. The molecule has 0 saturated carbocycles. The zero-order chi connectivity index (χ0) is 14.3. The van der Waals surface area contributed by atoms with E-state index in [2.05, 4.69) is 29.4 Å². The number of nitrogens with one attached hydrogen (secondary N) is 1. The first-order chi connectivity index (χ1) is 8.70. The number of anilines is 1. The number of nitrogens with two attached hydrogens (primary N) is 1. The third-order valence-corrected chi connectivity index (χ3v) is 3.31. The number of ether oxygens (including phenoxy) is 1. The molecule has 1 aromatic rings. The Bertz CT molecular complexity index is 482. The highest BCUT2D eigenvalue weighted by Gasteiger charge is 2.45. The fourth-order valence-electron chi connectivity index (χ4n) is 2.51. The first-order valence-electron chi connectivity index (χ1n) is 6.30. The molecule has 0 aromatic carbocycles. The Balaban J connectivity index is 2.11. The van der Waals surface area contributed by atoms with Gasteiger partial charge in [-0.25, -0.2) is 0 Å². The van der Waals surface area contributed by atoms with Crippen LogP contribution in [0, 0.1) is 0 Å². The van der Waals surface area contributed by atoms with Gasteiger partial charge in [0, 0.05) is 0 Å². The van der Waals surface area contributed by atoms with E-state index in [1.165, 1.54) is 0 Å². The summed E-state index contributed by atoms with van der Waals surface area (Å²) in [4.78, 5) is 10.9. The van der Waals surface area contributed by atoms with Crippen molar-refractivity contribution in [3.05, 3.63) is 17.8 Å². The Morgan fingerprint density at radius 3 is 2.47 bits per heavy atom. The van der Waals surface area contributed by atoms with Crippen molar-refractivity contribution >= 4 is 11.7 Å². The van der Waals surface area contributed by atoms with Crippen LogP contribution in [0.4, 0.5) is 5.82 Å². The molecule has 1 atom stereocenters. The van der Waals surface area contributed by atoms with E-state index < -0.39 is 5.91 Å². The highest BCUT2D eigenvalue weighted by molar-refractivity contribution is 5.90. The molecule has 0 spiro atoms. The van der Waals surface area contributed by atoms with Gasteiger partial charge >= 0.3 is 0 Å². The Morgan fingerprint density at radius 1 is 1.37 bits per heavy atom. The second kappa shape index (κ2) is 4.45. The Kier molecular flexibility index (Phi) is 3.22. The Morgan fingerprint density at radius 2 is 2.05 bits per heavy atom. The van der Waals surface area contributed by atoms with E-state index in [0.717, 1.165) is 6.42 Å². The minimum atomic E-state index is -0.579. The number of carbonyl (C=O) groups excluding carboxylic acids is 1. The summed E-state index contributed by atoms with van der Waals surface area (Å²) in [6.45, 7) is 8.23. The highest BCUT2D eigenvalue weighted by Crippen LogP contribution is 2.38. The first kappa shape index (κ1) is 13.7. The maximum Gasteiger partial charge on any atom is 0.269 e. The SMILES string of the molecule is CC1(C)CC(Nc2ccc(C(N)=O)nn2)C(C)(C)O1. The normalized spacial score (nSPS) is 24.1. The molecule has 0 bridgehead atoms. The fraction of sp³-hybridized carbons (Fsp3) is 0.615. The van der Waals surface area contributed by atoms with Gasteiger partial charge in [-0.05, 0) is 46.2 Å². The summed E-state index contributed by atoms with van der Waals surface area (Å²) in [5.41, 5.74) is 4.84. The van der Waals surface area contributed by atoms with Crippen molar-refractivity contribution in [3.8, 4) is 0 Å². The van der Waals surface area contributed by atoms with Crippen LogP contribution in [0.15, 0.2) is 12.1 Å². The van der Waals surface area contributed by atoms with Crippen molar-refractivity contribution in [3.63, 3.8) is 0 Å². The Labute approximate surface area is 112 Å². The number of aromatic nitrogens is 2. The van der Waals surface area contributed by atoms with Gasteiger partial charge in [0.05, 0.1) is 17.2 Å². The molecule has 1 aromatic heterocycles. The number of hydrogen-bond donors (Lipinski definition) is 2. The zero-order valence-electron chi connectivity index (χ0n) is 11.7. The van der Waals surface area contributed by atoms with E-state index in [9.17, 15) is 4.79 Å². The van der Waals surface area contributed by atoms with Gasteiger partial charge in [0.25, 0.3) is 5.91 Å². The standard InChI is InChI=1S/C13H20N4O2/c1-12(2)7-9(13(3,4)19-12)15-10-6-5-8(11(14)18)16-17-10/h5-6,9H,7H2,1-4H3,(H2,14,18)(H,15,17). The van der Waals surface area contributed by atoms with Crippen molar-refractivity contribution in [1.82, 2.24) is 10.2 Å². The maximum absolute atomic E-state index is 10.9. The minimum absolute atomic E-state index is 0.135. The molecule has 1 aliphatic rings. The molecule has 2 rings (SSSR count). The van der Waals surface area contributed by atoms with Crippen LogP contribution in [-0.2, 0) is 4.74 Å². The van der Waals surface area contributed by atoms with E-state index in [4.69, 9.17) is 10.5 Å². The summed E-state index contributed by atoms with van der Waals surface area (Å²) in [6, 6.07) is 3.40. The van der Waals surface area contributed by atoms with Crippen LogP contribution < -0.4 is 11.1 Å². The van der Waals surface area contributed by atoms with E-state index in [1.807, 2.05) is 13.8 Å². The van der Waals surface area contributed by atoms with Gasteiger partial charge in [0.15, 0.2) is 5.69 Å². The van der Waals surface area contributed by atoms with Gasteiger partial charge in [-0.3, -0.25) is 4.79 Å². The molecular formula is C13H20N4O2. The largest absolute Gasteiger partial charge is 0.367 e. The van der Waals surface area contributed by atoms with Crippen LogP contribution >= 0.6 is 0 Å². The second-order valence-electron chi connectivity index (χ2n) is 6.03. The molecule has 104 valence electrons. The molecule has 1 aliphatic heterocycles. The van der Waals surface area contributed by atoms with Crippen LogP contribution in [0.2, 0.25) is 0 Å². The van der Waals surface area contributed by atoms with Crippen molar-refractivity contribution in [2.75, 3.05) is 5.32 Å². The lowest BCUT2D eigenvalue weighted by molar-refractivity contribution is -0.0662. The predicted molar refractivity (Wildman–Crippen MR) is 71.8 cm³/mol. The van der Waals surface area contributed by atoms with Gasteiger partial charge in [0.2, 0.25) is 0 Å².